The summed E-state index contributed by atoms with van der Waals surface area (Å²) in [6.07, 6.45) is 0. The van der Waals surface area contributed by atoms with Crippen LogP contribution in [0.5, 0.6) is 5.75 Å². The second kappa shape index (κ2) is 3.89. The topological polar surface area (TPSA) is 46.2 Å². The molecule has 0 saturated carbocycles. The lowest BCUT2D eigenvalue weighted by Crippen LogP contribution is -1.92. The Kier molecular flexibility index (Phi) is 2.57. The monoisotopic (exact) mass is 213 g/mol. The van der Waals surface area contributed by atoms with Gasteiger partial charge in [0, 0.05) is 11.3 Å². The predicted molar refractivity (Wildman–Crippen MR) is 67.4 cm³/mol. The van der Waals surface area contributed by atoms with Gasteiger partial charge in [-0.1, -0.05) is 29.8 Å². The van der Waals surface area contributed by atoms with Crippen LogP contribution in [-0.4, -0.2) is 5.11 Å². The largest absolute Gasteiger partial charge is 0.507 e. The Morgan fingerprint density at radius 1 is 0.938 bits per heavy atom. The van der Waals surface area contributed by atoms with Crippen LogP contribution in [0, 0.1) is 13.8 Å². The van der Waals surface area contributed by atoms with Gasteiger partial charge in [0.1, 0.15) is 5.75 Å². The number of phenolic OH excluding ortho intramolecular Hbond substituents is 1. The quantitative estimate of drug-likeness (QED) is 0.564. The number of benzene rings is 2. The van der Waals surface area contributed by atoms with Crippen molar-refractivity contribution in [2.75, 3.05) is 5.73 Å². The Morgan fingerprint density at radius 2 is 1.56 bits per heavy atom. The number of nitrogens with two attached hydrogens (primary N) is 1. The van der Waals surface area contributed by atoms with E-state index in [1.165, 1.54) is 5.56 Å². The van der Waals surface area contributed by atoms with E-state index in [9.17, 15) is 5.11 Å². The SMILES string of the molecule is Cc1ccc(-c2c(O)ccc(N)c2C)cc1. The molecule has 2 rings (SSSR count). The van der Waals surface area contributed by atoms with Gasteiger partial charge in [-0.2, -0.15) is 0 Å². The van der Waals surface area contributed by atoms with Gasteiger partial charge in [0.2, 0.25) is 0 Å². The Balaban J connectivity index is 2.63. The fourth-order valence-electron chi connectivity index (χ4n) is 1.80. The number of rotatable bonds is 1. The van der Waals surface area contributed by atoms with Gasteiger partial charge in [-0.25, -0.2) is 0 Å². The molecule has 0 heterocycles. The summed E-state index contributed by atoms with van der Waals surface area (Å²) < 4.78 is 0. The molecule has 0 saturated heterocycles. The zero-order valence-electron chi connectivity index (χ0n) is 9.49. The number of anilines is 1. The first kappa shape index (κ1) is 10.6. The van der Waals surface area contributed by atoms with Crippen LogP contribution in [0.15, 0.2) is 36.4 Å². The highest BCUT2D eigenvalue weighted by Gasteiger charge is 2.09. The van der Waals surface area contributed by atoms with Crippen molar-refractivity contribution in [1.82, 2.24) is 0 Å². The lowest BCUT2D eigenvalue weighted by Gasteiger charge is -2.11. The molecule has 0 unspecified atom stereocenters. The van der Waals surface area contributed by atoms with Crippen molar-refractivity contribution in [2.24, 2.45) is 0 Å². The van der Waals surface area contributed by atoms with Crippen LogP contribution < -0.4 is 5.73 Å². The third-order valence-electron chi connectivity index (χ3n) is 2.83. The van der Waals surface area contributed by atoms with Gasteiger partial charge in [0.15, 0.2) is 0 Å². The van der Waals surface area contributed by atoms with E-state index < -0.39 is 0 Å². The van der Waals surface area contributed by atoms with Crippen molar-refractivity contribution < 1.29 is 5.11 Å². The number of phenols is 1. The Hall–Kier alpha value is -1.96. The second-order valence-corrected chi connectivity index (χ2v) is 4.04. The van der Waals surface area contributed by atoms with Gasteiger partial charge in [-0.15, -0.1) is 0 Å². The summed E-state index contributed by atoms with van der Waals surface area (Å²) in [5, 5.41) is 9.88. The van der Waals surface area contributed by atoms with Gasteiger partial charge in [0.25, 0.3) is 0 Å². The molecule has 2 nitrogen and oxygen atoms in total. The smallest absolute Gasteiger partial charge is 0.123 e. The van der Waals surface area contributed by atoms with Crippen molar-refractivity contribution in [3.05, 3.63) is 47.5 Å². The van der Waals surface area contributed by atoms with E-state index in [-0.39, 0.29) is 5.75 Å². The van der Waals surface area contributed by atoms with E-state index in [4.69, 9.17) is 5.73 Å². The summed E-state index contributed by atoms with van der Waals surface area (Å²) in [4.78, 5) is 0. The maximum Gasteiger partial charge on any atom is 0.123 e. The molecule has 0 radical (unpaired) electrons. The minimum Gasteiger partial charge on any atom is -0.507 e. The number of aryl methyl sites for hydroxylation is 1. The number of hydrogen-bond donors (Lipinski definition) is 2. The highest BCUT2D eigenvalue weighted by molar-refractivity contribution is 5.78. The van der Waals surface area contributed by atoms with E-state index in [1.54, 1.807) is 12.1 Å². The Bertz CT molecular complexity index is 515. The van der Waals surface area contributed by atoms with Gasteiger partial charge in [0.05, 0.1) is 0 Å². The molecular weight excluding hydrogens is 198 g/mol. The number of hydrogen-bond acceptors (Lipinski definition) is 2. The first-order chi connectivity index (χ1) is 7.59. The average molecular weight is 213 g/mol. The second-order valence-electron chi connectivity index (χ2n) is 4.04. The van der Waals surface area contributed by atoms with Gasteiger partial charge < -0.3 is 10.8 Å². The summed E-state index contributed by atoms with van der Waals surface area (Å²) in [6, 6.07) is 11.4. The molecule has 0 aliphatic rings. The third kappa shape index (κ3) is 1.74. The number of nitrogen functional groups attached to an aromatic ring is 1. The zero-order chi connectivity index (χ0) is 11.7. The van der Waals surface area contributed by atoms with Crippen molar-refractivity contribution in [3.63, 3.8) is 0 Å². The van der Waals surface area contributed by atoms with E-state index in [0.717, 1.165) is 16.7 Å². The number of aromatic hydroxyl groups is 1. The van der Waals surface area contributed by atoms with Crippen molar-refractivity contribution in [3.8, 4) is 16.9 Å². The Morgan fingerprint density at radius 3 is 2.19 bits per heavy atom. The molecule has 3 N–H and O–H groups in total. The minimum absolute atomic E-state index is 0.274. The average Bonchev–Trinajstić information content (AvgIpc) is 2.27. The lowest BCUT2D eigenvalue weighted by atomic mass is 9.97. The molecule has 0 aliphatic carbocycles. The van der Waals surface area contributed by atoms with Crippen LogP contribution in [0.4, 0.5) is 5.69 Å². The molecular formula is C14H15NO. The summed E-state index contributed by atoms with van der Waals surface area (Å²) in [7, 11) is 0. The van der Waals surface area contributed by atoms with Crippen LogP contribution in [-0.2, 0) is 0 Å². The molecule has 0 atom stereocenters. The van der Waals surface area contributed by atoms with E-state index in [2.05, 4.69) is 0 Å². The van der Waals surface area contributed by atoms with Crippen molar-refractivity contribution in [2.45, 2.75) is 13.8 Å². The summed E-state index contributed by atoms with van der Waals surface area (Å²) >= 11 is 0. The molecule has 0 bridgehead atoms. The molecule has 82 valence electrons. The van der Waals surface area contributed by atoms with E-state index in [0.29, 0.717) is 5.69 Å². The molecule has 0 aromatic heterocycles. The lowest BCUT2D eigenvalue weighted by molar-refractivity contribution is 0.477. The molecule has 0 spiro atoms. The zero-order valence-corrected chi connectivity index (χ0v) is 9.49. The van der Waals surface area contributed by atoms with Crippen LogP contribution in [0.2, 0.25) is 0 Å². The Labute approximate surface area is 95.4 Å². The summed E-state index contributed by atoms with van der Waals surface area (Å²) in [5.74, 6) is 0.274. The van der Waals surface area contributed by atoms with Crippen LogP contribution >= 0.6 is 0 Å². The van der Waals surface area contributed by atoms with Crippen LogP contribution in [0.25, 0.3) is 11.1 Å². The molecule has 0 aliphatic heterocycles. The van der Waals surface area contributed by atoms with Crippen LogP contribution in [0.3, 0.4) is 0 Å². The molecule has 2 aromatic carbocycles. The standard InChI is InChI=1S/C14H15NO/c1-9-3-5-11(6-4-9)14-10(2)12(15)7-8-13(14)16/h3-8,16H,15H2,1-2H3. The first-order valence-electron chi connectivity index (χ1n) is 5.24. The third-order valence-corrected chi connectivity index (χ3v) is 2.83. The normalized spacial score (nSPS) is 10.4. The predicted octanol–water partition coefficient (Wildman–Crippen LogP) is 3.26. The van der Waals surface area contributed by atoms with E-state index in [1.807, 2.05) is 38.1 Å². The first-order valence-corrected chi connectivity index (χ1v) is 5.24. The molecule has 0 fully saturated rings. The summed E-state index contributed by atoms with van der Waals surface area (Å²) in [5.41, 5.74) is 10.5. The van der Waals surface area contributed by atoms with Crippen molar-refractivity contribution in [1.29, 1.82) is 0 Å². The summed E-state index contributed by atoms with van der Waals surface area (Å²) in [6.45, 7) is 3.96. The molecule has 2 heteroatoms. The highest BCUT2D eigenvalue weighted by atomic mass is 16.3. The van der Waals surface area contributed by atoms with Gasteiger partial charge >= 0.3 is 0 Å². The molecule has 0 amide bonds. The highest BCUT2D eigenvalue weighted by Crippen LogP contribution is 2.35. The molecule has 2 aromatic rings. The van der Waals surface area contributed by atoms with Crippen LogP contribution in [0.1, 0.15) is 11.1 Å². The minimum atomic E-state index is 0.274. The van der Waals surface area contributed by atoms with E-state index >= 15 is 0 Å². The van der Waals surface area contributed by atoms with Crippen molar-refractivity contribution >= 4 is 5.69 Å². The fourth-order valence-corrected chi connectivity index (χ4v) is 1.80. The molecule has 16 heavy (non-hydrogen) atoms. The van der Waals surface area contributed by atoms with Gasteiger partial charge in [-0.05, 0) is 37.1 Å². The maximum absolute atomic E-state index is 9.88. The fraction of sp³-hybridized carbons (Fsp3) is 0.143. The van der Waals surface area contributed by atoms with Gasteiger partial charge in [-0.3, -0.25) is 0 Å². The maximum atomic E-state index is 9.88.